The molecule has 0 spiro atoms. The number of amides is 2. The second kappa shape index (κ2) is 10.5. The Morgan fingerprint density at radius 1 is 0.935 bits per heavy atom. The molecule has 0 aliphatic carbocycles. The van der Waals surface area contributed by atoms with Gasteiger partial charge in [-0.05, 0) is 37.5 Å². The number of rotatable bonds is 8. The maximum atomic E-state index is 12.3. The largest absolute Gasteiger partial charge is 0.352 e. The van der Waals surface area contributed by atoms with Gasteiger partial charge in [-0.3, -0.25) is 14.5 Å². The van der Waals surface area contributed by atoms with Crippen molar-refractivity contribution >= 4 is 27.3 Å². The van der Waals surface area contributed by atoms with Crippen LogP contribution in [0.1, 0.15) is 24.0 Å². The molecule has 0 radical (unpaired) electrons. The Kier molecular flexibility index (Phi) is 7.81. The summed E-state index contributed by atoms with van der Waals surface area (Å²) < 4.78 is 24.5. The van der Waals surface area contributed by atoms with Crippen LogP contribution in [0.25, 0.3) is 0 Å². The van der Waals surface area contributed by atoms with E-state index in [4.69, 9.17) is 0 Å². The maximum Gasteiger partial charge on any atom is 0.239 e. The first kappa shape index (κ1) is 23.0. The first-order chi connectivity index (χ1) is 14.8. The number of nitrogens with one attached hydrogen (secondary N) is 2. The molecule has 3 rings (SSSR count). The quantitative estimate of drug-likeness (QED) is 0.652. The SMILES string of the molecule is Cc1ccc(NC(=O)CS(=O)(=O)CC(=O)NC2CCN(Cc3ccccc3)CC2)cc1. The smallest absolute Gasteiger partial charge is 0.239 e. The highest BCUT2D eigenvalue weighted by atomic mass is 32.2. The number of aryl methyl sites for hydroxylation is 1. The summed E-state index contributed by atoms with van der Waals surface area (Å²) in [5.41, 5.74) is 2.81. The van der Waals surface area contributed by atoms with Gasteiger partial charge in [0, 0.05) is 31.4 Å². The van der Waals surface area contributed by atoms with Crippen LogP contribution in [-0.2, 0) is 26.0 Å². The van der Waals surface area contributed by atoms with Crippen molar-refractivity contribution in [3.05, 3.63) is 65.7 Å². The zero-order valence-corrected chi connectivity index (χ0v) is 18.5. The van der Waals surface area contributed by atoms with Crippen molar-refractivity contribution in [2.75, 3.05) is 29.9 Å². The average Bonchev–Trinajstić information content (AvgIpc) is 2.71. The Hall–Kier alpha value is -2.71. The minimum atomic E-state index is -3.85. The summed E-state index contributed by atoms with van der Waals surface area (Å²) in [6, 6.07) is 17.2. The average molecular weight is 444 g/mol. The summed E-state index contributed by atoms with van der Waals surface area (Å²) >= 11 is 0. The Balaban J connectivity index is 1.40. The third kappa shape index (κ3) is 7.80. The van der Waals surface area contributed by atoms with Gasteiger partial charge < -0.3 is 10.6 Å². The molecule has 7 nitrogen and oxygen atoms in total. The van der Waals surface area contributed by atoms with Gasteiger partial charge in [0.15, 0.2) is 9.84 Å². The van der Waals surface area contributed by atoms with Crippen LogP contribution in [0.5, 0.6) is 0 Å². The molecule has 0 atom stereocenters. The molecule has 2 aromatic carbocycles. The zero-order valence-electron chi connectivity index (χ0n) is 17.7. The highest BCUT2D eigenvalue weighted by Crippen LogP contribution is 2.14. The first-order valence-corrected chi connectivity index (χ1v) is 12.2. The van der Waals surface area contributed by atoms with E-state index in [9.17, 15) is 18.0 Å². The van der Waals surface area contributed by atoms with Gasteiger partial charge in [-0.15, -0.1) is 0 Å². The van der Waals surface area contributed by atoms with Gasteiger partial charge >= 0.3 is 0 Å². The van der Waals surface area contributed by atoms with Crippen molar-refractivity contribution in [2.24, 2.45) is 0 Å². The number of piperidine rings is 1. The number of hydrogen-bond donors (Lipinski definition) is 2. The topological polar surface area (TPSA) is 95.6 Å². The van der Waals surface area contributed by atoms with Gasteiger partial charge in [0.2, 0.25) is 11.8 Å². The molecule has 1 aliphatic rings. The Morgan fingerprint density at radius 2 is 1.55 bits per heavy atom. The molecule has 31 heavy (non-hydrogen) atoms. The third-order valence-electron chi connectivity index (χ3n) is 5.24. The predicted molar refractivity (Wildman–Crippen MR) is 121 cm³/mol. The fraction of sp³-hybridized carbons (Fsp3) is 0.391. The number of likely N-dealkylation sites (tertiary alicyclic amines) is 1. The number of nitrogens with zero attached hydrogens (tertiary/aromatic N) is 1. The van der Waals surface area contributed by atoms with Crippen LogP contribution in [0.3, 0.4) is 0 Å². The molecule has 1 heterocycles. The number of carbonyl (C=O) groups excluding carboxylic acids is 2. The van der Waals surface area contributed by atoms with Gasteiger partial charge in [-0.1, -0.05) is 48.0 Å². The molecule has 1 aliphatic heterocycles. The van der Waals surface area contributed by atoms with E-state index in [2.05, 4.69) is 27.7 Å². The van der Waals surface area contributed by atoms with Crippen molar-refractivity contribution in [2.45, 2.75) is 32.4 Å². The molecule has 2 aromatic rings. The van der Waals surface area contributed by atoms with Crippen molar-refractivity contribution in [3.8, 4) is 0 Å². The lowest BCUT2D eigenvalue weighted by Crippen LogP contribution is -2.46. The lowest BCUT2D eigenvalue weighted by Gasteiger charge is -2.32. The molecule has 2 N–H and O–H groups in total. The van der Waals surface area contributed by atoms with E-state index in [1.165, 1.54) is 5.56 Å². The second-order valence-electron chi connectivity index (χ2n) is 8.05. The lowest BCUT2D eigenvalue weighted by atomic mass is 10.0. The van der Waals surface area contributed by atoms with Crippen LogP contribution in [0.15, 0.2) is 54.6 Å². The maximum absolute atomic E-state index is 12.3. The fourth-order valence-electron chi connectivity index (χ4n) is 3.63. The van der Waals surface area contributed by atoms with E-state index in [0.717, 1.165) is 38.0 Å². The van der Waals surface area contributed by atoms with Gasteiger partial charge in [-0.25, -0.2) is 8.42 Å². The van der Waals surface area contributed by atoms with Gasteiger partial charge in [0.05, 0.1) is 0 Å². The highest BCUT2D eigenvalue weighted by molar-refractivity contribution is 7.92. The summed E-state index contributed by atoms with van der Waals surface area (Å²) in [5, 5.41) is 5.36. The summed E-state index contributed by atoms with van der Waals surface area (Å²) in [4.78, 5) is 26.6. The summed E-state index contributed by atoms with van der Waals surface area (Å²) in [6.45, 7) is 4.46. The van der Waals surface area contributed by atoms with E-state index in [1.54, 1.807) is 12.1 Å². The van der Waals surface area contributed by atoms with Crippen LogP contribution in [0.2, 0.25) is 0 Å². The molecule has 8 heteroatoms. The van der Waals surface area contributed by atoms with Crippen molar-refractivity contribution < 1.29 is 18.0 Å². The van der Waals surface area contributed by atoms with Crippen molar-refractivity contribution in [1.29, 1.82) is 0 Å². The molecule has 1 fully saturated rings. The molecule has 2 amide bonds. The van der Waals surface area contributed by atoms with Crippen LogP contribution in [0, 0.1) is 6.92 Å². The third-order valence-corrected chi connectivity index (χ3v) is 6.64. The number of carbonyl (C=O) groups is 2. The lowest BCUT2D eigenvalue weighted by molar-refractivity contribution is -0.119. The normalized spacial score (nSPS) is 15.4. The standard InChI is InChI=1S/C23H29N3O4S/c1-18-7-9-20(10-8-18)24-22(27)16-31(29,30)17-23(28)25-21-11-13-26(14-12-21)15-19-5-3-2-4-6-19/h2-10,21H,11-17H2,1H3,(H,24,27)(H,25,28). The Bertz CT molecular complexity index is 983. The summed E-state index contributed by atoms with van der Waals surface area (Å²) in [7, 11) is -3.85. The number of benzene rings is 2. The molecular weight excluding hydrogens is 414 g/mol. The van der Waals surface area contributed by atoms with E-state index in [-0.39, 0.29) is 6.04 Å². The summed E-state index contributed by atoms with van der Waals surface area (Å²) in [5.74, 6) is -2.60. The molecule has 0 unspecified atom stereocenters. The fourth-order valence-corrected chi connectivity index (χ4v) is 4.69. The van der Waals surface area contributed by atoms with E-state index < -0.39 is 33.2 Å². The van der Waals surface area contributed by atoms with Crippen LogP contribution >= 0.6 is 0 Å². The number of hydrogen-bond acceptors (Lipinski definition) is 5. The zero-order chi connectivity index (χ0) is 22.3. The van der Waals surface area contributed by atoms with E-state index in [1.807, 2.05) is 37.3 Å². The molecule has 1 saturated heterocycles. The molecule has 0 bridgehead atoms. The Labute approximate surface area is 183 Å². The van der Waals surface area contributed by atoms with Crippen LogP contribution < -0.4 is 10.6 Å². The van der Waals surface area contributed by atoms with Crippen molar-refractivity contribution in [1.82, 2.24) is 10.2 Å². The predicted octanol–water partition coefficient (Wildman–Crippen LogP) is 2.13. The molecule has 0 aromatic heterocycles. The van der Waals surface area contributed by atoms with Gasteiger partial charge in [0.25, 0.3) is 0 Å². The van der Waals surface area contributed by atoms with Gasteiger partial charge in [0.1, 0.15) is 11.5 Å². The Morgan fingerprint density at radius 3 is 2.19 bits per heavy atom. The molecular formula is C23H29N3O4S. The number of anilines is 1. The second-order valence-corrected chi connectivity index (χ2v) is 10.1. The molecule has 0 saturated carbocycles. The van der Waals surface area contributed by atoms with Crippen LogP contribution in [-0.4, -0.2) is 55.8 Å². The van der Waals surface area contributed by atoms with Crippen molar-refractivity contribution in [3.63, 3.8) is 0 Å². The summed E-state index contributed by atoms with van der Waals surface area (Å²) in [6.07, 6.45) is 1.54. The monoisotopic (exact) mass is 443 g/mol. The van der Waals surface area contributed by atoms with E-state index in [0.29, 0.717) is 5.69 Å². The minimum absolute atomic E-state index is 0.0453. The van der Waals surface area contributed by atoms with Crippen LogP contribution in [0.4, 0.5) is 5.69 Å². The first-order valence-electron chi connectivity index (χ1n) is 10.4. The van der Waals surface area contributed by atoms with E-state index >= 15 is 0 Å². The highest BCUT2D eigenvalue weighted by Gasteiger charge is 2.25. The minimum Gasteiger partial charge on any atom is -0.352 e. The van der Waals surface area contributed by atoms with Gasteiger partial charge in [-0.2, -0.15) is 0 Å². The molecule has 166 valence electrons. The number of sulfone groups is 1.